The predicted molar refractivity (Wildman–Crippen MR) is 58.6 cm³/mol. The topological polar surface area (TPSA) is 35.8 Å². The molecule has 78 valence electrons. The van der Waals surface area contributed by atoms with E-state index in [0.717, 1.165) is 12.8 Å². The number of rotatable bonds is 3. The maximum atomic E-state index is 13.2. The standard InChI is InChI=1S/C11H10BrFN2/c12-9-4-1-7(5-10(9)13)11(6-14)15-8-2-3-8/h1,4-5,8,11,15H,2-3H2. The number of hydrogen-bond donors (Lipinski definition) is 1. The fraction of sp³-hybridized carbons (Fsp3) is 0.364. The number of nitrogens with zero attached hydrogens (tertiary/aromatic N) is 1. The first-order valence-electron chi connectivity index (χ1n) is 4.81. The highest BCUT2D eigenvalue weighted by Gasteiger charge is 2.25. The molecule has 0 amide bonds. The summed E-state index contributed by atoms with van der Waals surface area (Å²) in [5, 5.41) is 12.1. The Morgan fingerprint density at radius 2 is 2.27 bits per heavy atom. The highest BCUT2D eigenvalue weighted by atomic mass is 79.9. The number of halogens is 2. The van der Waals surface area contributed by atoms with Crippen LogP contribution in [0.4, 0.5) is 4.39 Å². The van der Waals surface area contributed by atoms with E-state index in [1.807, 2.05) is 0 Å². The maximum absolute atomic E-state index is 13.2. The van der Waals surface area contributed by atoms with Crippen LogP contribution in [0.25, 0.3) is 0 Å². The molecule has 4 heteroatoms. The van der Waals surface area contributed by atoms with E-state index in [1.165, 1.54) is 6.07 Å². The van der Waals surface area contributed by atoms with Gasteiger partial charge in [0.15, 0.2) is 0 Å². The molecule has 1 N–H and O–H groups in total. The summed E-state index contributed by atoms with van der Waals surface area (Å²) in [6.07, 6.45) is 2.22. The molecule has 1 aliphatic rings. The molecule has 0 aromatic heterocycles. The Labute approximate surface area is 96.2 Å². The van der Waals surface area contributed by atoms with E-state index in [1.54, 1.807) is 12.1 Å². The van der Waals surface area contributed by atoms with Crippen molar-refractivity contribution in [2.24, 2.45) is 0 Å². The molecule has 0 spiro atoms. The third-order valence-corrected chi connectivity index (χ3v) is 3.03. The van der Waals surface area contributed by atoms with Crippen LogP contribution in [0.1, 0.15) is 24.4 Å². The van der Waals surface area contributed by atoms with Gasteiger partial charge in [0.25, 0.3) is 0 Å². The summed E-state index contributed by atoms with van der Waals surface area (Å²) >= 11 is 3.09. The third kappa shape index (κ3) is 2.55. The van der Waals surface area contributed by atoms with Gasteiger partial charge < -0.3 is 0 Å². The normalized spacial score (nSPS) is 17.1. The van der Waals surface area contributed by atoms with E-state index in [0.29, 0.717) is 16.1 Å². The minimum Gasteiger partial charge on any atom is -0.295 e. The van der Waals surface area contributed by atoms with Crippen LogP contribution in [0.2, 0.25) is 0 Å². The molecule has 1 atom stereocenters. The smallest absolute Gasteiger partial charge is 0.137 e. The molecule has 0 saturated heterocycles. The second-order valence-electron chi connectivity index (χ2n) is 3.68. The largest absolute Gasteiger partial charge is 0.295 e. The summed E-state index contributed by atoms with van der Waals surface area (Å²) in [5.74, 6) is -0.328. The Kier molecular flexibility index (Phi) is 3.03. The van der Waals surface area contributed by atoms with Crippen LogP contribution in [0.5, 0.6) is 0 Å². The molecule has 0 aliphatic heterocycles. The van der Waals surface area contributed by atoms with Crippen molar-refractivity contribution in [1.29, 1.82) is 5.26 Å². The van der Waals surface area contributed by atoms with Crippen LogP contribution in [0.3, 0.4) is 0 Å². The molecule has 0 radical (unpaired) electrons. The van der Waals surface area contributed by atoms with Crippen molar-refractivity contribution in [2.45, 2.75) is 24.9 Å². The van der Waals surface area contributed by atoms with Crippen molar-refractivity contribution in [2.75, 3.05) is 0 Å². The zero-order chi connectivity index (χ0) is 10.8. The van der Waals surface area contributed by atoms with Crippen LogP contribution in [-0.4, -0.2) is 6.04 Å². The van der Waals surface area contributed by atoms with E-state index >= 15 is 0 Å². The fourth-order valence-electron chi connectivity index (χ4n) is 1.39. The molecule has 0 bridgehead atoms. The predicted octanol–water partition coefficient (Wildman–Crippen LogP) is 2.90. The zero-order valence-corrected chi connectivity index (χ0v) is 9.59. The molecule has 1 saturated carbocycles. The molecule has 1 aromatic carbocycles. The minimum absolute atomic E-state index is 0.328. The van der Waals surface area contributed by atoms with Crippen molar-refractivity contribution in [3.8, 4) is 6.07 Å². The van der Waals surface area contributed by atoms with Gasteiger partial charge in [0.05, 0.1) is 10.5 Å². The summed E-state index contributed by atoms with van der Waals surface area (Å²) < 4.78 is 13.7. The van der Waals surface area contributed by atoms with Gasteiger partial charge in [-0.25, -0.2) is 4.39 Å². The SMILES string of the molecule is N#CC(NC1CC1)c1ccc(Br)c(F)c1. The highest BCUT2D eigenvalue weighted by Crippen LogP contribution is 2.25. The maximum Gasteiger partial charge on any atom is 0.137 e. The van der Waals surface area contributed by atoms with Gasteiger partial charge in [0.1, 0.15) is 11.9 Å². The van der Waals surface area contributed by atoms with Gasteiger partial charge >= 0.3 is 0 Å². The number of hydrogen-bond acceptors (Lipinski definition) is 2. The number of benzene rings is 1. The van der Waals surface area contributed by atoms with Gasteiger partial charge in [0, 0.05) is 6.04 Å². The van der Waals surface area contributed by atoms with E-state index in [9.17, 15) is 4.39 Å². The lowest BCUT2D eigenvalue weighted by molar-refractivity contribution is 0.598. The zero-order valence-electron chi connectivity index (χ0n) is 8.00. The van der Waals surface area contributed by atoms with Crippen molar-refractivity contribution in [1.82, 2.24) is 5.32 Å². The number of nitrogens with one attached hydrogen (secondary N) is 1. The van der Waals surface area contributed by atoms with E-state index in [2.05, 4.69) is 27.3 Å². The Morgan fingerprint density at radius 3 is 2.80 bits per heavy atom. The lowest BCUT2D eigenvalue weighted by Gasteiger charge is -2.11. The van der Waals surface area contributed by atoms with Crippen LogP contribution < -0.4 is 5.32 Å². The van der Waals surface area contributed by atoms with Gasteiger partial charge in [-0.05, 0) is 46.5 Å². The molecule has 1 fully saturated rings. The Morgan fingerprint density at radius 1 is 1.53 bits per heavy atom. The molecule has 2 nitrogen and oxygen atoms in total. The molecule has 2 rings (SSSR count). The molecule has 0 heterocycles. The first kappa shape index (κ1) is 10.6. The Bertz CT molecular complexity index is 410. The van der Waals surface area contributed by atoms with Crippen molar-refractivity contribution < 1.29 is 4.39 Å². The molecular formula is C11H10BrFN2. The summed E-state index contributed by atoms with van der Waals surface area (Å²) in [5.41, 5.74) is 0.685. The third-order valence-electron chi connectivity index (χ3n) is 2.39. The molecular weight excluding hydrogens is 259 g/mol. The highest BCUT2D eigenvalue weighted by molar-refractivity contribution is 9.10. The average molecular weight is 269 g/mol. The lowest BCUT2D eigenvalue weighted by Crippen LogP contribution is -2.22. The van der Waals surface area contributed by atoms with Gasteiger partial charge in [-0.3, -0.25) is 5.32 Å². The molecule has 1 aliphatic carbocycles. The molecule has 1 aromatic rings. The average Bonchev–Trinajstić information content (AvgIpc) is 3.02. The van der Waals surface area contributed by atoms with Gasteiger partial charge in [-0.2, -0.15) is 5.26 Å². The van der Waals surface area contributed by atoms with Gasteiger partial charge in [-0.1, -0.05) is 6.07 Å². The summed E-state index contributed by atoms with van der Waals surface area (Å²) in [6.45, 7) is 0. The van der Waals surface area contributed by atoms with Crippen molar-refractivity contribution >= 4 is 15.9 Å². The van der Waals surface area contributed by atoms with Crippen LogP contribution >= 0.6 is 15.9 Å². The Balaban J connectivity index is 2.18. The monoisotopic (exact) mass is 268 g/mol. The second-order valence-corrected chi connectivity index (χ2v) is 4.53. The minimum atomic E-state index is -0.403. The first-order valence-corrected chi connectivity index (χ1v) is 5.60. The second kappa shape index (κ2) is 4.30. The summed E-state index contributed by atoms with van der Waals surface area (Å²) in [7, 11) is 0. The number of nitriles is 1. The van der Waals surface area contributed by atoms with Gasteiger partial charge in [-0.15, -0.1) is 0 Å². The molecule has 1 unspecified atom stereocenters. The van der Waals surface area contributed by atoms with Crippen molar-refractivity contribution in [3.63, 3.8) is 0 Å². The van der Waals surface area contributed by atoms with Crippen LogP contribution in [0.15, 0.2) is 22.7 Å². The summed E-state index contributed by atoms with van der Waals surface area (Å²) in [4.78, 5) is 0. The van der Waals surface area contributed by atoms with Crippen LogP contribution in [-0.2, 0) is 0 Å². The van der Waals surface area contributed by atoms with Crippen LogP contribution in [0, 0.1) is 17.1 Å². The quantitative estimate of drug-likeness (QED) is 0.915. The lowest BCUT2D eigenvalue weighted by atomic mass is 10.1. The van der Waals surface area contributed by atoms with Gasteiger partial charge in [0.2, 0.25) is 0 Å². The van der Waals surface area contributed by atoms with E-state index in [4.69, 9.17) is 5.26 Å². The van der Waals surface area contributed by atoms with Crippen molar-refractivity contribution in [3.05, 3.63) is 34.1 Å². The Hall–Kier alpha value is -0.920. The fourth-order valence-corrected chi connectivity index (χ4v) is 1.63. The van der Waals surface area contributed by atoms with E-state index < -0.39 is 6.04 Å². The summed E-state index contributed by atoms with van der Waals surface area (Å²) in [6, 6.07) is 6.96. The molecule has 15 heavy (non-hydrogen) atoms. The van der Waals surface area contributed by atoms with E-state index in [-0.39, 0.29) is 5.82 Å². The first-order chi connectivity index (χ1) is 7.20.